The molecule has 144 valence electrons. The number of rotatable bonds is 7. The van der Waals surface area contributed by atoms with Crippen LogP contribution in [-0.2, 0) is 6.54 Å². The zero-order chi connectivity index (χ0) is 19.2. The molecule has 0 unspecified atom stereocenters. The number of likely N-dealkylation sites (tertiary alicyclic amines) is 1. The van der Waals surface area contributed by atoms with E-state index >= 15 is 0 Å². The fraction of sp³-hybridized carbons (Fsp3) is 0.435. The van der Waals surface area contributed by atoms with Gasteiger partial charge >= 0.3 is 0 Å². The second-order valence-corrected chi connectivity index (χ2v) is 7.73. The summed E-state index contributed by atoms with van der Waals surface area (Å²) in [5.74, 6) is 0.304. The van der Waals surface area contributed by atoms with Gasteiger partial charge in [-0.15, -0.1) is 0 Å². The van der Waals surface area contributed by atoms with Crippen molar-refractivity contribution in [1.29, 1.82) is 0 Å². The molecule has 1 aliphatic rings. The summed E-state index contributed by atoms with van der Waals surface area (Å²) in [6.07, 6.45) is 3.67. The van der Waals surface area contributed by atoms with Crippen LogP contribution in [-0.4, -0.2) is 37.9 Å². The normalized spacial score (nSPS) is 15.7. The molecule has 0 aromatic heterocycles. The van der Waals surface area contributed by atoms with E-state index in [0.717, 1.165) is 38.9 Å². The van der Waals surface area contributed by atoms with Gasteiger partial charge in [0.15, 0.2) is 5.78 Å². The topological polar surface area (TPSA) is 23.6 Å². The second kappa shape index (κ2) is 9.14. The highest BCUT2D eigenvalue weighted by atomic mass is 19.1. The molecule has 1 aliphatic heterocycles. The van der Waals surface area contributed by atoms with E-state index in [4.69, 9.17) is 0 Å². The van der Waals surface area contributed by atoms with E-state index in [0.29, 0.717) is 23.6 Å². The number of nitrogens with zero attached hydrogens (tertiary/aromatic N) is 2. The molecule has 0 radical (unpaired) electrons. The minimum absolute atomic E-state index is 0.0471. The highest BCUT2D eigenvalue weighted by Gasteiger charge is 2.20. The van der Waals surface area contributed by atoms with Gasteiger partial charge in [0.2, 0.25) is 0 Å². The Hall–Kier alpha value is -2.20. The molecule has 1 fully saturated rings. The van der Waals surface area contributed by atoms with Crippen molar-refractivity contribution in [2.24, 2.45) is 5.92 Å². The Labute approximate surface area is 161 Å². The summed E-state index contributed by atoms with van der Waals surface area (Å²) in [6, 6.07) is 15.4. The SMILES string of the molecule is CN(C)c1ccc(C(=O)CCC2CCN(Cc3ccccc3)CC2)cc1F. The summed E-state index contributed by atoms with van der Waals surface area (Å²) in [5, 5.41) is 0. The van der Waals surface area contributed by atoms with Crippen LogP contribution in [0, 0.1) is 11.7 Å². The van der Waals surface area contributed by atoms with Gasteiger partial charge in [0.25, 0.3) is 0 Å². The number of ketones is 1. The van der Waals surface area contributed by atoms with E-state index in [-0.39, 0.29) is 11.6 Å². The molecule has 0 bridgehead atoms. The molecule has 0 amide bonds. The number of halogens is 1. The molecule has 0 N–H and O–H groups in total. The lowest BCUT2D eigenvalue weighted by Crippen LogP contribution is -2.33. The van der Waals surface area contributed by atoms with Crippen molar-refractivity contribution in [3.8, 4) is 0 Å². The van der Waals surface area contributed by atoms with Gasteiger partial charge in [-0.05, 0) is 62.0 Å². The molecule has 4 heteroatoms. The summed E-state index contributed by atoms with van der Waals surface area (Å²) in [7, 11) is 3.59. The second-order valence-electron chi connectivity index (χ2n) is 7.73. The van der Waals surface area contributed by atoms with E-state index in [1.165, 1.54) is 11.6 Å². The molecule has 1 saturated heterocycles. The number of carbonyl (C=O) groups excluding carboxylic acids is 1. The summed E-state index contributed by atoms with van der Waals surface area (Å²) in [5.41, 5.74) is 2.35. The molecular formula is C23H29FN2O. The third-order valence-electron chi connectivity index (χ3n) is 5.49. The van der Waals surface area contributed by atoms with Gasteiger partial charge in [0.05, 0.1) is 5.69 Å². The van der Waals surface area contributed by atoms with E-state index < -0.39 is 0 Å². The highest BCUT2D eigenvalue weighted by molar-refractivity contribution is 5.96. The van der Waals surface area contributed by atoms with Crippen molar-refractivity contribution in [2.75, 3.05) is 32.1 Å². The van der Waals surface area contributed by atoms with Gasteiger partial charge in [0.1, 0.15) is 5.82 Å². The lowest BCUT2D eigenvalue weighted by Gasteiger charge is -2.32. The largest absolute Gasteiger partial charge is 0.375 e. The molecule has 27 heavy (non-hydrogen) atoms. The Kier molecular flexibility index (Phi) is 6.62. The fourth-order valence-corrected chi connectivity index (χ4v) is 3.80. The zero-order valence-electron chi connectivity index (χ0n) is 16.3. The number of Topliss-reactive ketones (excluding diaryl/α,β-unsaturated/α-hetero) is 1. The quantitative estimate of drug-likeness (QED) is 0.658. The van der Waals surface area contributed by atoms with Gasteiger partial charge in [-0.1, -0.05) is 30.3 Å². The Morgan fingerprint density at radius 2 is 1.81 bits per heavy atom. The van der Waals surface area contributed by atoms with Crippen LogP contribution in [0.4, 0.5) is 10.1 Å². The number of hydrogen-bond donors (Lipinski definition) is 0. The van der Waals surface area contributed by atoms with Crippen LogP contribution < -0.4 is 4.90 Å². The molecular weight excluding hydrogens is 339 g/mol. The Morgan fingerprint density at radius 1 is 1.11 bits per heavy atom. The Bertz CT molecular complexity index is 752. The summed E-state index contributed by atoms with van der Waals surface area (Å²) in [6.45, 7) is 3.17. The van der Waals surface area contributed by atoms with Crippen molar-refractivity contribution < 1.29 is 9.18 Å². The number of piperidine rings is 1. The first kappa shape index (κ1) is 19.6. The standard InChI is InChI=1S/C23H29FN2O/c1-25(2)22-10-9-20(16-21(22)24)23(27)11-8-18-12-14-26(15-13-18)17-19-6-4-3-5-7-19/h3-7,9-10,16,18H,8,11-15,17H2,1-2H3. The summed E-state index contributed by atoms with van der Waals surface area (Å²) in [4.78, 5) is 16.6. The fourth-order valence-electron chi connectivity index (χ4n) is 3.80. The van der Waals surface area contributed by atoms with Crippen LogP contribution in [0.2, 0.25) is 0 Å². The molecule has 1 heterocycles. The first-order chi connectivity index (χ1) is 13.0. The Morgan fingerprint density at radius 3 is 2.44 bits per heavy atom. The summed E-state index contributed by atoms with van der Waals surface area (Å²) < 4.78 is 14.1. The van der Waals surface area contributed by atoms with Crippen LogP contribution in [0.1, 0.15) is 41.6 Å². The lowest BCUT2D eigenvalue weighted by atomic mass is 9.90. The van der Waals surface area contributed by atoms with Crippen molar-refractivity contribution in [3.05, 3.63) is 65.5 Å². The van der Waals surface area contributed by atoms with E-state index in [2.05, 4.69) is 29.2 Å². The maximum absolute atomic E-state index is 14.1. The third-order valence-corrected chi connectivity index (χ3v) is 5.49. The van der Waals surface area contributed by atoms with Crippen LogP contribution in [0.5, 0.6) is 0 Å². The van der Waals surface area contributed by atoms with Crippen molar-refractivity contribution in [1.82, 2.24) is 4.90 Å². The average molecular weight is 368 g/mol. The third kappa shape index (κ3) is 5.39. The van der Waals surface area contributed by atoms with Crippen molar-refractivity contribution >= 4 is 11.5 Å². The van der Waals surface area contributed by atoms with E-state index in [1.807, 2.05) is 6.07 Å². The molecule has 0 aliphatic carbocycles. The smallest absolute Gasteiger partial charge is 0.162 e. The average Bonchev–Trinajstić information content (AvgIpc) is 2.67. The highest BCUT2D eigenvalue weighted by Crippen LogP contribution is 2.25. The van der Waals surface area contributed by atoms with Gasteiger partial charge < -0.3 is 4.90 Å². The monoisotopic (exact) mass is 368 g/mol. The van der Waals surface area contributed by atoms with Crippen molar-refractivity contribution in [3.63, 3.8) is 0 Å². The van der Waals surface area contributed by atoms with Crippen LogP contribution >= 0.6 is 0 Å². The minimum atomic E-state index is -0.333. The predicted octanol–water partition coefficient (Wildman–Crippen LogP) is 4.77. The molecule has 0 atom stereocenters. The predicted molar refractivity (Wildman–Crippen MR) is 109 cm³/mol. The van der Waals surface area contributed by atoms with E-state index in [1.54, 1.807) is 31.1 Å². The van der Waals surface area contributed by atoms with Crippen LogP contribution in [0.15, 0.2) is 48.5 Å². The van der Waals surface area contributed by atoms with Crippen LogP contribution in [0.25, 0.3) is 0 Å². The number of carbonyl (C=O) groups is 1. The van der Waals surface area contributed by atoms with Gasteiger partial charge in [-0.2, -0.15) is 0 Å². The van der Waals surface area contributed by atoms with Crippen LogP contribution in [0.3, 0.4) is 0 Å². The number of hydrogen-bond acceptors (Lipinski definition) is 3. The molecule has 3 rings (SSSR count). The first-order valence-corrected chi connectivity index (χ1v) is 9.79. The molecule has 2 aromatic rings. The number of benzene rings is 2. The minimum Gasteiger partial charge on any atom is -0.375 e. The lowest BCUT2D eigenvalue weighted by molar-refractivity contribution is 0.0961. The maximum atomic E-state index is 14.1. The number of anilines is 1. The zero-order valence-corrected chi connectivity index (χ0v) is 16.3. The molecule has 2 aromatic carbocycles. The maximum Gasteiger partial charge on any atom is 0.162 e. The first-order valence-electron chi connectivity index (χ1n) is 9.79. The molecule has 0 saturated carbocycles. The summed E-state index contributed by atoms with van der Waals surface area (Å²) >= 11 is 0. The Balaban J connectivity index is 1.44. The van der Waals surface area contributed by atoms with Crippen molar-refractivity contribution in [2.45, 2.75) is 32.2 Å². The molecule has 3 nitrogen and oxygen atoms in total. The van der Waals surface area contributed by atoms with Gasteiger partial charge in [-0.3, -0.25) is 9.69 Å². The van der Waals surface area contributed by atoms with Gasteiger partial charge in [-0.25, -0.2) is 4.39 Å². The molecule has 0 spiro atoms. The van der Waals surface area contributed by atoms with Gasteiger partial charge in [0, 0.05) is 32.6 Å². The van der Waals surface area contributed by atoms with E-state index in [9.17, 15) is 9.18 Å².